The van der Waals surface area contributed by atoms with Gasteiger partial charge < -0.3 is 10.4 Å². The van der Waals surface area contributed by atoms with Crippen LogP contribution >= 0.6 is 27.7 Å². The molecule has 0 atom stereocenters. The number of aliphatic hydroxyl groups excluding tert-OH is 1. The van der Waals surface area contributed by atoms with E-state index in [0.29, 0.717) is 13.0 Å². The topological polar surface area (TPSA) is 49.3 Å². The van der Waals surface area contributed by atoms with Gasteiger partial charge in [0.25, 0.3) is 0 Å². The molecule has 0 fully saturated rings. The van der Waals surface area contributed by atoms with E-state index in [1.54, 1.807) is 11.8 Å². The number of hydrogen-bond donors (Lipinski definition) is 2. The summed E-state index contributed by atoms with van der Waals surface area (Å²) in [6, 6.07) is 7.99. The minimum atomic E-state index is -0.0151. The van der Waals surface area contributed by atoms with E-state index < -0.39 is 0 Å². The second-order valence-electron chi connectivity index (χ2n) is 3.13. The van der Waals surface area contributed by atoms with Gasteiger partial charge in [-0.05, 0) is 24.3 Å². The van der Waals surface area contributed by atoms with Crippen LogP contribution in [0, 0.1) is 0 Å². The van der Waals surface area contributed by atoms with Gasteiger partial charge in [-0.3, -0.25) is 4.79 Å². The summed E-state index contributed by atoms with van der Waals surface area (Å²) in [5, 5.41) is 11.1. The van der Waals surface area contributed by atoms with E-state index in [-0.39, 0.29) is 12.5 Å². The fraction of sp³-hybridized carbons (Fsp3) is 0.364. The van der Waals surface area contributed by atoms with Crippen molar-refractivity contribution in [3.8, 4) is 0 Å². The number of hydrogen-bond acceptors (Lipinski definition) is 3. The van der Waals surface area contributed by atoms with Gasteiger partial charge in [-0.1, -0.05) is 15.9 Å². The molecule has 0 saturated carbocycles. The molecule has 3 nitrogen and oxygen atoms in total. The molecule has 0 bridgehead atoms. The molecule has 0 aliphatic rings. The molecular weight excluding hydrogens is 290 g/mol. The zero-order valence-corrected chi connectivity index (χ0v) is 11.2. The summed E-state index contributed by atoms with van der Waals surface area (Å²) in [4.78, 5) is 12.4. The van der Waals surface area contributed by atoms with Crippen molar-refractivity contribution in [3.05, 3.63) is 28.7 Å². The first-order valence-electron chi connectivity index (χ1n) is 4.98. The first-order chi connectivity index (χ1) is 7.72. The van der Waals surface area contributed by atoms with Gasteiger partial charge in [-0.2, -0.15) is 0 Å². The Kier molecular flexibility index (Phi) is 6.52. The maximum absolute atomic E-state index is 11.2. The lowest BCUT2D eigenvalue weighted by Gasteiger charge is -2.03. The quantitative estimate of drug-likeness (QED) is 0.791. The van der Waals surface area contributed by atoms with E-state index >= 15 is 0 Å². The summed E-state index contributed by atoms with van der Waals surface area (Å²) < 4.78 is 1.05. The average molecular weight is 304 g/mol. The van der Waals surface area contributed by atoms with Crippen molar-refractivity contribution in [3.63, 3.8) is 0 Å². The van der Waals surface area contributed by atoms with Gasteiger partial charge in [0.15, 0.2) is 0 Å². The van der Waals surface area contributed by atoms with Crippen LogP contribution in [0.3, 0.4) is 0 Å². The van der Waals surface area contributed by atoms with Gasteiger partial charge in [-0.25, -0.2) is 0 Å². The lowest BCUT2D eigenvalue weighted by atomic mass is 10.4. The summed E-state index contributed by atoms with van der Waals surface area (Å²) >= 11 is 5.01. The number of halogens is 1. The third-order valence-corrected chi connectivity index (χ3v) is 3.39. The molecule has 1 amide bonds. The monoisotopic (exact) mass is 303 g/mol. The van der Waals surface area contributed by atoms with Crippen molar-refractivity contribution in [1.82, 2.24) is 5.32 Å². The van der Waals surface area contributed by atoms with E-state index in [1.807, 2.05) is 24.3 Å². The number of rotatable bonds is 6. The molecule has 0 unspecified atom stereocenters. The highest BCUT2D eigenvalue weighted by Crippen LogP contribution is 2.20. The smallest absolute Gasteiger partial charge is 0.220 e. The maximum atomic E-state index is 11.2. The molecule has 1 aromatic carbocycles. The number of nitrogens with one attached hydrogen (secondary N) is 1. The molecule has 0 aliphatic carbocycles. The molecule has 0 radical (unpaired) electrons. The summed E-state index contributed by atoms with van der Waals surface area (Å²) in [5.41, 5.74) is 0. The Hall–Kier alpha value is -0.520. The minimum absolute atomic E-state index is 0.00834. The molecule has 0 aromatic heterocycles. The van der Waals surface area contributed by atoms with Gasteiger partial charge in [-0.15, -0.1) is 11.8 Å². The molecule has 5 heteroatoms. The van der Waals surface area contributed by atoms with Crippen molar-refractivity contribution in [2.24, 2.45) is 0 Å². The first kappa shape index (κ1) is 13.5. The largest absolute Gasteiger partial charge is 0.395 e. The fourth-order valence-electron chi connectivity index (χ4n) is 1.08. The molecule has 0 heterocycles. The van der Waals surface area contributed by atoms with Crippen LogP contribution < -0.4 is 5.32 Å². The van der Waals surface area contributed by atoms with Crippen LogP contribution in [-0.2, 0) is 4.79 Å². The lowest BCUT2D eigenvalue weighted by Crippen LogP contribution is -2.26. The van der Waals surface area contributed by atoms with Gasteiger partial charge in [0, 0.05) is 28.1 Å². The summed E-state index contributed by atoms with van der Waals surface area (Å²) in [5.74, 6) is 0.734. The fourth-order valence-corrected chi connectivity index (χ4v) is 2.19. The van der Waals surface area contributed by atoms with Crippen LogP contribution in [0.1, 0.15) is 6.42 Å². The molecule has 0 aliphatic heterocycles. The van der Waals surface area contributed by atoms with Crippen molar-refractivity contribution >= 4 is 33.6 Å². The van der Waals surface area contributed by atoms with Crippen LogP contribution in [-0.4, -0.2) is 29.9 Å². The lowest BCUT2D eigenvalue weighted by molar-refractivity contribution is -0.120. The number of benzene rings is 1. The molecule has 1 aromatic rings. The summed E-state index contributed by atoms with van der Waals surface area (Å²) in [6.07, 6.45) is 0.473. The predicted molar refractivity (Wildman–Crippen MR) is 69.6 cm³/mol. The average Bonchev–Trinajstić information content (AvgIpc) is 2.29. The molecule has 2 N–H and O–H groups in total. The second kappa shape index (κ2) is 7.70. The van der Waals surface area contributed by atoms with Gasteiger partial charge in [0.2, 0.25) is 5.91 Å². The number of carbonyl (C=O) groups is 1. The number of carbonyl (C=O) groups excluding carboxylic acids is 1. The highest BCUT2D eigenvalue weighted by molar-refractivity contribution is 9.10. The van der Waals surface area contributed by atoms with E-state index in [1.165, 1.54) is 0 Å². The molecular formula is C11H14BrNO2S. The van der Waals surface area contributed by atoms with Crippen molar-refractivity contribution < 1.29 is 9.90 Å². The zero-order valence-electron chi connectivity index (χ0n) is 8.78. The van der Waals surface area contributed by atoms with Crippen LogP contribution in [0.25, 0.3) is 0 Å². The SMILES string of the molecule is O=C(CCSc1ccc(Br)cc1)NCCO. The van der Waals surface area contributed by atoms with E-state index in [0.717, 1.165) is 15.1 Å². The zero-order chi connectivity index (χ0) is 11.8. The van der Waals surface area contributed by atoms with E-state index in [4.69, 9.17) is 5.11 Å². The van der Waals surface area contributed by atoms with E-state index in [9.17, 15) is 4.79 Å². The van der Waals surface area contributed by atoms with Gasteiger partial charge in [0.05, 0.1) is 6.61 Å². The Morgan fingerprint density at radius 3 is 2.69 bits per heavy atom. The van der Waals surface area contributed by atoms with Crippen molar-refractivity contribution in [2.75, 3.05) is 18.9 Å². The van der Waals surface area contributed by atoms with Crippen molar-refractivity contribution in [2.45, 2.75) is 11.3 Å². The van der Waals surface area contributed by atoms with Gasteiger partial charge in [0.1, 0.15) is 0 Å². The Morgan fingerprint density at radius 1 is 1.38 bits per heavy atom. The van der Waals surface area contributed by atoms with E-state index in [2.05, 4.69) is 21.2 Å². The number of amides is 1. The van der Waals surface area contributed by atoms with Crippen LogP contribution in [0.15, 0.2) is 33.6 Å². The molecule has 88 valence electrons. The Balaban J connectivity index is 2.20. The molecule has 1 rings (SSSR count). The Morgan fingerprint density at radius 2 is 2.06 bits per heavy atom. The second-order valence-corrected chi connectivity index (χ2v) is 5.21. The number of aliphatic hydroxyl groups is 1. The van der Waals surface area contributed by atoms with Crippen LogP contribution in [0.5, 0.6) is 0 Å². The standard InChI is InChI=1S/C11H14BrNO2S/c12-9-1-3-10(4-2-9)16-8-5-11(15)13-6-7-14/h1-4,14H,5-8H2,(H,13,15). The number of thioether (sulfide) groups is 1. The van der Waals surface area contributed by atoms with Crippen molar-refractivity contribution in [1.29, 1.82) is 0 Å². The molecule has 0 spiro atoms. The first-order valence-corrected chi connectivity index (χ1v) is 6.76. The highest BCUT2D eigenvalue weighted by Gasteiger charge is 2.00. The third-order valence-electron chi connectivity index (χ3n) is 1.85. The molecule has 0 saturated heterocycles. The summed E-state index contributed by atoms with van der Waals surface area (Å²) in [7, 11) is 0. The Labute approximate surface area is 108 Å². The minimum Gasteiger partial charge on any atom is -0.395 e. The normalized spacial score (nSPS) is 10.1. The molecule has 16 heavy (non-hydrogen) atoms. The summed E-state index contributed by atoms with van der Waals surface area (Å²) in [6.45, 7) is 0.327. The highest BCUT2D eigenvalue weighted by atomic mass is 79.9. The van der Waals surface area contributed by atoms with Crippen LogP contribution in [0.2, 0.25) is 0 Å². The third kappa shape index (κ3) is 5.53. The van der Waals surface area contributed by atoms with Crippen LogP contribution in [0.4, 0.5) is 0 Å². The maximum Gasteiger partial charge on any atom is 0.220 e. The Bertz CT molecular complexity index is 329. The predicted octanol–water partition coefficient (Wildman–Crippen LogP) is 2.04. The van der Waals surface area contributed by atoms with Gasteiger partial charge >= 0.3 is 0 Å².